The Labute approximate surface area is 98.1 Å². The van der Waals surface area contributed by atoms with Crippen LogP contribution >= 0.6 is 35.0 Å². The Morgan fingerprint density at radius 3 is 2.64 bits per heavy atom. The normalized spacial score (nSPS) is 12.9. The Balaban J connectivity index is 2.88. The van der Waals surface area contributed by atoms with Crippen LogP contribution in [-0.4, -0.2) is 12.0 Å². The predicted molar refractivity (Wildman–Crippen MR) is 64.9 cm³/mol. The molecule has 0 saturated heterocycles. The monoisotopic (exact) mass is 250 g/mol. The van der Waals surface area contributed by atoms with Crippen LogP contribution in [0.25, 0.3) is 0 Å². The molecule has 78 valence electrons. The van der Waals surface area contributed by atoms with Crippen molar-refractivity contribution in [3.05, 3.63) is 33.8 Å². The molecule has 2 nitrogen and oxygen atoms in total. The first-order chi connectivity index (χ1) is 6.69. The van der Waals surface area contributed by atoms with Crippen LogP contribution in [0.15, 0.2) is 18.2 Å². The lowest BCUT2D eigenvalue weighted by molar-refractivity contribution is 0.611. The largest absolute Gasteiger partial charge is 0.271 e. The van der Waals surface area contributed by atoms with Crippen LogP contribution in [0.1, 0.15) is 11.6 Å². The molecule has 0 aliphatic heterocycles. The van der Waals surface area contributed by atoms with E-state index < -0.39 is 0 Å². The number of hydrogen-bond acceptors (Lipinski definition) is 3. The minimum absolute atomic E-state index is 0.111. The van der Waals surface area contributed by atoms with Gasteiger partial charge in [0.15, 0.2) is 0 Å². The molecule has 1 unspecified atom stereocenters. The van der Waals surface area contributed by atoms with Gasteiger partial charge < -0.3 is 0 Å². The molecule has 0 aromatic heterocycles. The van der Waals surface area contributed by atoms with Gasteiger partial charge >= 0.3 is 0 Å². The molecule has 3 N–H and O–H groups in total. The van der Waals surface area contributed by atoms with Gasteiger partial charge in [-0.15, -0.1) is 0 Å². The molecule has 1 rings (SSSR count). The number of thioether (sulfide) groups is 1. The van der Waals surface area contributed by atoms with Gasteiger partial charge in [0, 0.05) is 5.75 Å². The van der Waals surface area contributed by atoms with E-state index in [1.165, 1.54) is 0 Å². The lowest BCUT2D eigenvalue weighted by Gasteiger charge is -2.15. The molecule has 1 atom stereocenters. The van der Waals surface area contributed by atoms with Crippen molar-refractivity contribution in [1.82, 2.24) is 5.43 Å². The van der Waals surface area contributed by atoms with E-state index in [1.807, 2.05) is 18.4 Å². The topological polar surface area (TPSA) is 38.0 Å². The van der Waals surface area contributed by atoms with Crippen molar-refractivity contribution in [2.45, 2.75) is 6.04 Å². The average Bonchev–Trinajstić information content (AvgIpc) is 2.19. The van der Waals surface area contributed by atoms with Gasteiger partial charge in [0.05, 0.1) is 16.1 Å². The van der Waals surface area contributed by atoms with E-state index in [0.717, 1.165) is 11.3 Å². The Morgan fingerprint density at radius 2 is 2.14 bits per heavy atom. The molecule has 0 heterocycles. The quantitative estimate of drug-likeness (QED) is 0.638. The number of nitrogens with one attached hydrogen (secondary N) is 1. The van der Waals surface area contributed by atoms with Gasteiger partial charge in [0.2, 0.25) is 0 Å². The van der Waals surface area contributed by atoms with E-state index in [2.05, 4.69) is 5.43 Å². The molecule has 0 aliphatic rings. The van der Waals surface area contributed by atoms with Crippen LogP contribution in [-0.2, 0) is 0 Å². The Bertz CT molecular complexity index is 307. The van der Waals surface area contributed by atoms with Crippen molar-refractivity contribution in [2.75, 3.05) is 12.0 Å². The zero-order chi connectivity index (χ0) is 10.6. The number of halogens is 2. The molecular weight excluding hydrogens is 239 g/mol. The van der Waals surface area contributed by atoms with Gasteiger partial charge in [-0.25, -0.2) is 0 Å². The van der Waals surface area contributed by atoms with Crippen molar-refractivity contribution in [1.29, 1.82) is 0 Å². The van der Waals surface area contributed by atoms with Crippen LogP contribution < -0.4 is 11.3 Å². The summed E-state index contributed by atoms with van der Waals surface area (Å²) >= 11 is 13.4. The van der Waals surface area contributed by atoms with Crippen molar-refractivity contribution in [2.24, 2.45) is 5.84 Å². The first kappa shape index (κ1) is 12.1. The first-order valence-electron chi connectivity index (χ1n) is 4.09. The highest BCUT2D eigenvalue weighted by Crippen LogP contribution is 2.26. The van der Waals surface area contributed by atoms with Crippen LogP contribution in [0.2, 0.25) is 10.0 Å². The molecule has 0 saturated carbocycles. The standard InChI is InChI=1S/C9H12Cl2N2S/c1-14-5-9(13-12)6-2-3-7(10)8(11)4-6/h2-4,9,13H,5,12H2,1H3. The molecule has 0 fully saturated rings. The molecular formula is C9H12Cl2N2S. The fraction of sp³-hybridized carbons (Fsp3) is 0.333. The maximum atomic E-state index is 5.91. The smallest absolute Gasteiger partial charge is 0.0595 e. The van der Waals surface area contributed by atoms with Gasteiger partial charge in [-0.3, -0.25) is 11.3 Å². The van der Waals surface area contributed by atoms with Crippen LogP contribution in [0.4, 0.5) is 0 Å². The SMILES string of the molecule is CSCC(NN)c1ccc(Cl)c(Cl)c1. The summed E-state index contributed by atoms with van der Waals surface area (Å²) in [5.74, 6) is 6.34. The van der Waals surface area contributed by atoms with Gasteiger partial charge in [0.25, 0.3) is 0 Å². The second-order valence-electron chi connectivity index (χ2n) is 2.85. The van der Waals surface area contributed by atoms with Gasteiger partial charge in [-0.2, -0.15) is 11.8 Å². The first-order valence-corrected chi connectivity index (χ1v) is 6.24. The van der Waals surface area contributed by atoms with Gasteiger partial charge in [-0.05, 0) is 24.0 Å². The van der Waals surface area contributed by atoms with Crippen molar-refractivity contribution in [3.8, 4) is 0 Å². The molecule has 0 bridgehead atoms. The molecule has 1 aromatic carbocycles. The second-order valence-corrected chi connectivity index (χ2v) is 4.57. The maximum absolute atomic E-state index is 5.91. The van der Waals surface area contributed by atoms with E-state index in [9.17, 15) is 0 Å². The summed E-state index contributed by atoms with van der Waals surface area (Å²) in [6.07, 6.45) is 2.03. The highest BCUT2D eigenvalue weighted by Gasteiger charge is 2.09. The number of benzene rings is 1. The average molecular weight is 251 g/mol. The summed E-state index contributed by atoms with van der Waals surface area (Å²) in [7, 11) is 0. The van der Waals surface area contributed by atoms with E-state index in [-0.39, 0.29) is 6.04 Å². The molecule has 0 aliphatic carbocycles. The van der Waals surface area contributed by atoms with Gasteiger partial charge in [-0.1, -0.05) is 29.3 Å². The van der Waals surface area contributed by atoms with E-state index in [0.29, 0.717) is 10.0 Å². The lowest BCUT2D eigenvalue weighted by Crippen LogP contribution is -2.29. The van der Waals surface area contributed by atoms with Gasteiger partial charge in [0.1, 0.15) is 0 Å². The summed E-state index contributed by atoms with van der Waals surface area (Å²) in [5.41, 5.74) is 3.80. The zero-order valence-electron chi connectivity index (χ0n) is 7.76. The van der Waals surface area contributed by atoms with E-state index in [1.54, 1.807) is 17.8 Å². The third-order valence-corrected chi connectivity index (χ3v) is 3.29. The summed E-state index contributed by atoms with van der Waals surface area (Å²) < 4.78 is 0. The highest BCUT2D eigenvalue weighted by atomic mass is 35.5. The number of hydrogen-bond donors (Lipinski definition) is 2. The highest BCUT2D eigenvalue weighted by molar-refractivity contribution is 7.98. The third-order valence-electron chi connectivity index (χ3n) is 1.88. The fourth-order valence-electron chi connectivity index (χ4n) is 1.14. The van der Waals surface area contributed by atoms with Crippen LogP contribution in [0.3, 0.4) is 0 Å². The summed E-state index contributed by atoms with van der Waals surface area (Å²) in [5, 5.41) is 1.13. The summed E-state index contributed by atoms with van der Waals surface area (Å²) in [4.78, 5) is 0. The number of rotatable bonds is 4. The molecule has 14 heavy (non-hydrogen) atoms. The van der Waals surface area contributed by atoms with Crippen molar-refractivity contribution in [3.63, 3.8) is 0 Å². The Hall–Kier alpha value is 0.0700. The van der Waals surface area contributed by atoms with E-state index >= 15 is 0 Å². The molecule has 1 aromatic rings. The number of nitrogens with two attached hydrogens (primary N) is 1. The zero-order valence-corrected chi connectivity index (χ0v) is 10.1. The molecule has 0 amide bonds. The number of hydrazine groups is 1. The van der Waals surface area contributed by atoms with Crippen molar-refractivity contribution >= 4 is 35.0 Å². The second kappa shape index (κ2) is 5.83. The lowest BCUT2D eigenvalue weighted by atomic mass is 10.1. The van der Waals surface area contributed by atoms with E-state index in [4.69, 9.17) is 29.0 Å². The minimum atomic E-state index is 0.111. The van der Waals surface area contributed by atoms with Crippen LogP contribution in [0.5, 0.6) is 0 Å². The Morgan fingerprint density at radius 1 is 1.43 bits per heavy atom. The van der Waals surface area contributed by atoms with Crippen LogP contribution in [0, 0.1) is 0 Å². The summed E-state index contributed by atoms with van der Waals surface area (Å²) in [6.45, 7) is 0. The van der Waals surface area contributed by atoms with Crippen molar-refractivity contribution < 1.29 is 0 Å². The predicted octanol–water partition coefficient (Wildman–Crippen LogP) is 2.86. The minimum Gasteiger partial charge on any atom is -0.271 e. The molecule has 0 radical (unpaired) electrons. The Kier molecular flexibility index (Phi) is 5.06. The fourth-order valence-corrected chi connectivity index (χ4v) is 2.06. The molecule has 5 heteroatoms. The third kappa shape index (κ3) is 3.04. The maximum Gasteiger partial charge on any atom is 0.0595 e. The summed E-state index contributed by atoms with van der Waals surface area (Å²) in [6, 6.07) is 5.66. The molecule has 0 spiro atoms.